The molecule has 5 nitrogen and oxygen atoms in total. The molecule has 1 aliphatic carbocycles. The van der Waals surface area contributed by atoms with Gasteiger partial charge in [-0.25, -0.2) is 4.99 Å². The van der Waals surface area contributed by atoms with Gasteiger partial charge >= 0.3 is 0 Å². The minimum absolute atomic E-state index is 0. The highest BCUT2D eigenvalue weighted by atomic mass is 127. The first-order valence-corrected chi connectivity index (χ1v) is 9.46. The third-order valence-corrected chi connectivity index (χ3v) is 4.92. The Balaban J connectivity index is 0.00000243. The van der Waals surface area contributed by atoms with Gasteiger partial charge in [0.25, 0.3) is 0 Å². The molecule has 1 fully saturated rings. The molecular formula is C20H31IN4O. The summed E-state index contributed by atoms with van der Waals surface area (Å²) < 4.78 is 0. The highest BCUT2D eigenvalue weighted by Crippen LogP contribution is 2.19. The number of hydrogen-bond donors (Lipinski definition) is 3. The van der Waals surface area contributed by atoms with Crippen molar-refractivity contribution in [2.45, 2.75) is 51.3 Å². The predicted molar refractivity (Wildman–Crippen MR) is 119 cm³/mol. The molecule has 3 N–H and O–H groups in total. The van der Waals surface area contributed by atoms with E-state index in [0.717, 1.165) is 51.3 Å². The average molecular weight is 470 g/mol. The summed E-state index contributed by atoms with van der Waals surface area (Å²) in [6, 6.07) is 9.10. The summed E-state index contributed by atoms with van der Waals surface area (Å²) in [5.74, 6) is 0.872. The lowest BCUT2D eigenvalue weighted by Crippen LogP contribution is -2.45. The number of aliphatic imine (C=N–C) groups is 1. The first-order chi connectivity index (χ1) is 12.2. The van der Waals surface area contributed by atoms with E-state index in [1.54, 1.807) is 0 Å². The molecule has 0 bridgehead atoms. The van der Waals surface area contributed by atoms with Crippen LogP contribution in [-0.2, 0) is 6.54 Å². The number of benzene rings is 1. The smallest absolute Gasteiger partial charge is 0.191 e. The molecule has 26 heavy (non-hydrogen) atoms. The van der Waals surface area contributed by atoms with Crippen molar-refractivity contribution in [2.24, 2.45) is 4.99 Å². The quantitative estimate of drug-likeness (QED) is 0.268. The fraction of sp³-hybridized carbons (Fsp3) is 0.550. The molecule has 1 aromatic carbocycles. The summed E-state index contributed by atoms with van der Waals surface area (Å²) in [5.41, 5.74) is 2.48. The van der Waals surface area contributed by atoms with Gasteiger partial charge in [0, 0.05) is 31.4 Å². The van der Waals surface area contributed by atoms with E-state index in [2.05, 4.69) is 58.9 Å². The number of nitrogens with one attached hydrogen (secondary N) is 2. The van der Waals surface area contributed by atoms with Crippen LogP contribution in [0.3, 0.4) is 0 Å². The molecule has 0 amide bonds. The Hall–Kier alpha value is -1.28. The Morgan fingerprint density at radius 2 is 1.77 bits per heavy atom. The molecule has 1 aliphatic heterocycles. The third-order valence-electron chi connectivity index (χ3n) is 4.92. The number of aliphatic hydroxyl groups excluding tert-OH is 1. The van der Waals surface area contributed by atoms with E-state index in [4.69, 9.17) is 4.99 Å². The fourth-order valence-corrected chi connectivity index (χ4v) is 3.40. The summed E-state index contributed by atoms with van der Waals surface area (Å²) in [6.07, 6.45) is 8.05. The molecule has 144 valence electrons. The molecule has 1 aromatic rings. The van der Waals surface area contributed by atoms with E-state index >= 15 is 0 Å². The summed E-state index contributed by atoms with van der Waals surface area (Å²) in [4.78, 5) is 7.07. The SMILES string of the molecule is CCNC(=NCc1ccc(N2CC=CC2)cc1)NC1CCC(O)CC1.I. The van der Waals surface area contributed by atoms with E-state index in [9.17, 15) is 5.11 Å². The van der Waals surface area contributed by atoms with Gasteiger partial charge in [-0.1, -0.05) is 24.3 Å². The largest absolute Gasteiger partial charge is 0.393 e. The molecule has 3 rings (SSSR count). The van der Waals surface area contributed by atoms with Crippen LogP contribution in [0.25, 0.3) is 0 Å². The van der Waals surface area contributed by atoms with Crippen LogP contribution in [0.4, 0.5) is 5.69 Å². The first-order valence-electron chi connectivity index (χ1n) is 9.46. The maximum atomic E-state index is 9.64. The number of anilines is 1. The van der Waals surface area contributed by atoms with Crippen LogP contribution in [-0.4, -0.2) is 42.8 Å². The molecule has 0 radical (unpaired) electrons. The van der Waals surface area contributed by atoms with Gasteiger partial charge in [0.05, 0.1) is 12.6 Å². The van der Waals surface area contributed by atoms with E-state index in [1.165, 1.54) is 11.3 Å². The number of rotatable bonds is 5. The van der Waals surface area contributed by atoms with Crippen LogP contribution in [0.5, 0.6) is 0 Å². The van der Waals surface area contributed by atoms with E-state index < -0.39 is 0 Å². The van der Waals surface area contributed by atoms with Gasteiger partial charge in [0.2, 0.25) is 0 Å². The summed E-state index contributed by atoms with van der Waals surface area (Å²) in [5, 5.41) is 16.5. The zero-order chi connectivity index (χ0) is 17.5. The van der Waals surface area contributed by atoms with Crippen LogP contribution < -0.4 is 15.5 Å². The maximum absolute atomic E-state index is 9.64. The standard InChI is InChI=1S/C20H30N4O.HI/c1-2-21-20(23-17-7-11-19(25)12-8-17)22-15-16-5-9-18(10-6-16)24-13-3-4-14-24;/h3-6,9-10,17,19,25H,2,7-8,11-15H2,1H3,(H2,21,22,23);1H. The summed E-state index contributed by atoms with van der Waals surface area (Å²) >= 11 is 0. The van der Waals surface area contributed by atoms with Crippen LogP contribution in [0, 0.1) is 0 Å². The molecular weight excluding hydrogens is 439 g/mol. The summed E-state index contributed by atoms with van der Waals surface area (Å²) in [7, 11) is 0. The molecule has 2 aliphatic rings. The minimum Gasteiger partial charge on any atom is -0.393 e. The third kappa shape index (κ3) is 6.16. The molecule has 0 aromatic heterocycles. The lowest BCUT2D eigenvalue weighted by atomic mass is 9.93. The minimum atomic E-state index is -0.123. The lowest BCUT2D eigenvalue weighted by Gasteiger charge is -2.27. The van der Waals surface area contributed by atoms with Gasteiger partial charge in [-0.05, 0) is 50.3 Å². The second kappa shape index (κ2) is 10.8. The van der Waals surface area contributed by atoms with Gasteiger partial charge in [0.1, 0.15) is 0 Å². The Bertz CT molecular complexity index is 586. The number of guanidine groups is 1. The number of nitrogens with zero attached hydrogens (tertiary/aromatic N) is 2. The van der Waals surface area contributed by atoms with E-state index in [0.29, 0.717) is 12.6 Å². The maximum Gasteiger partial charge on any atom is 0.191 e. The Labute approximate surface area is 174 Å². The molecule has 1 heterocycles. The molecule has 0 unspecified atom stereocenters. The molecule has 6 heteroatoms. The van der Waals surface area contributed by atoms with Crippen molar-refractivity contribution in [1.82, 2.24) is 10.6 Å². The van der Waals surface area contributed by atoms with Crippen molar-refractivity contribution in [2.75, 3.05) is 24.5 Å². The van der Waals surface area contributed by atoms with Crippen molar-refractivity contribution in [1.29, 1.82) is 0 Å². The highest BCUT2D eigenvalue weighted by molar-refractivity contribution is 14.0. The van der Waals surface area contributed by atoms with Gasteiger partial charge in [-0.2, -0.15) is 0 Å². The zero-order valence-electron chi connectivity index (χ0n) is 15.5. The normalized spacial score (nSPS) is 22.8. The Morgan fingerprint density at radius 3 is 2.38 bits per heavy atom. The van der Waals surface area contributed by atoms with Crippen LogP contribution in [0.2, 0.25) is 0 Å². The van der Waals surface area contributed by atoms with Crippen LogP contribution in [0.15, 0.2) is 41.4 Å². The van der Waals surface area contributed by atoms with Crippen molar-refractivity contribution < 1.29 is 5.11 Å². The second-order valence-corrected chi connectivity index (χ2v) is 6.89. The van der Waals surface area contributed by atoms with E-state index in [-0.39, 0.29) is 30.1 Å². The number of hydrogen-bond acceptors (Lipinski definition) is 3. The summed E-state index contributed by atoms with van der Waals surface area (Å²) in [6.45, 7) is 5.61. The van der Waals surface area contributed by atoms with Gasteiger partial charge < -0.3 is 20.6 Å². The highest BCUT2D eigenvalue weighted by Gasteiger charge is 2.19. The van der Waals surface area contributed by atoms with Gasteiger partial charge in [-0.3, -0.25) is 0 Å². The van der Waals surface area contributed by atoms with Crippen molar-refractivity contribution >= 4 is 35.6 Å². The van der Waals surface area contributed by atoms with Crippen LogP contribution in [0.1, 0.15) is 38.2 Å². The van der Waals surface area contributed by atoms with Crippen molar-refractivity contribution in [3.63, 3.8) is 0 Å². The predicted octanol–water partition coefficient (Wildman–Crippen LogP) is 3.04. The van der Waals surface area contributed by atoms with Gasteiger partial charge in [0.15, 0.2) is 5.96 Å². The zero-order valence-corrected chi connectivity index (χ0v) is 17.9. The van der Waals surface area contributed by atoms with Crippen LogP contribution >= 0.6 is 24.0 Å². The first kappa shape index (κ1) is 21.0. The fourth-order valence-electron chi connectivity index (χ4n) is 3.40. The number of aliphatic hydroxyl groups is 1. The average Bonchev–Trinajstić information content (AvgIpc) is 3.17. The van der Waals surface area contributed by atoms with Gasteiger partial charge in [-0.15, -0.1) is 24.0 Å². The molecule has 0 atom stereocenters. The van der Waals surface area contributed by atoms with Crippen molar-refractivity contribution in [3.05, 3.63) is 42.0 Å². The molecule has 0 saturated heterocycles. The monoisotopic (exact) mass is 470 g/mol. The van der Waals surface area contributed by atoms with Crippen molar-refractivity contribution in [3.8, 4) is 0 Å². The second-order valence-electron chi connectivity index (χ2n) is 6.89. The topological polar surface area (TPSA) is 59.9 Å². The molecule has 0 spiro atoms. The Kier molecular flexibility index (Phi) is 8.71. The molecule has 1 saturated carbocycles. The lowest BCUT2D eigenvalue weighted by molar-refractivity contribution is 0.120. The number of halogens is 1. The van der Waals surface area contributed by atoms with E-state index in [1.807, 2.05) is 0 Å². The Morgan fingerprint density at radius 1 is 1.12 bits per heavy atom.